The topological polar surface area (TPSA) is 44.4 Å². The molecule has 1 saturated heterocycles. The van der Waals surface area contributed by atoms with E-state index in [9.17, 15) is 4.79 Å². The predicted octanol–water partition coefficient (Wildman–Crippen LogP) is 1.90. The van der Waals surface area contributed by atoms with Gasteiger partial charge in [0, 0.05) is 45.7 Å². The minimum absolute atomic E-state index is 0.169. The fourth-order valence-electron chi connectivity index (χ4n) is 2.92. The highest BCUT2D eigenvalue weighted by molar-refractivity contribution is 5.76. The minimum atomic E-state index is 0.169. The van der Waals surface area contributed by atoms with Crippen molar-refractivity contribution in [3.63, 3.8) is 0 Å². The third-order valence-corrected chi connectivity index (χ3v) is 4.43. The zero-order valence-electron chi connectivity index (χ0n) is 13.9. The average Bonchev–Trinajstić information content (AvgIpc) is 2.54. The van der Waals surface area contributed by atoms with Gasteiger partial charge in [0.1, 0.15) is 0 Å². The molecule has 0 spiro atoms. The third kappa shape index (κ3) is 5.43. The van der Waals surface area contributed by atoms with Gasteiger partial charge in [-0.05, 0) is 24.8 Å². The molecule has 2 rings (SSSR count). The van der Waals surface area contributed by atoms with E-state index < -0.39 is 0 Å². The molecule has 1 aromatic carbocycles. The van der Waals surface area contributed by atoms with Crippen molar-refractivity contribution < 1.29 is 4.79 Å². The summed E-state index contributed by atoms with van der Waals surface area (Å²) >= 11 is 0. The van der Waals surface area contributed by atoms with E-state index in [2.05, 4.69) is 53.6 Å². The molecular formula is C18H29N3O. The maximum absolute atomic E-state index is 12.2. The van der Waals surface area contributed by atoms with Gasteiger partial charge in [0.2, 0.25) is 5.91 Å². The van der Waals surface area contributed by atoms with Crippen LogP contribution in [0, 0.1) is 6.92 Å². The van der Waals surface area contributed by atoms with Crippen LogP contribution in [0.15, 0.2) is 24.3 Å². The van der Waals surface area contributed by atoms with E-state index >= 15 is 0 Å². The molecule has 1 heterocycles. The quantitative estimate of drug-likeness (QED) is 0.808. The number of carbonyl (C=O) groups is 1. The van der Waals surface area contributed by atoms with Crippen LogP contribution in [0.2, 0.25) is 0 Å². The number of nitrogens with zero attached hydrogens (tertiary/aromatic N) is 1. The van der Waals surface area contributed by atoms with Crippen LogP contribution in [0.1, 0.15) is 36.8 Å². The van der Waals surface area contributed by atoms with Gasteiger partial charge in [0.05, 0.1) is 0 Å². The number of aryl methyl sites for hydroxylation is 1. The number of carbonyl (C=O) groups excluding carboxylic acids is 1. The Balaban J connectivity index is 1.73. The van der Waals surface area contributed by atoms with E-state index in [1.807, 2.05) is 0 Å². The Morgan fingerprint density at radius 1 is 1.27 bits per heavy atom. The number of nitrogens with one attached hydrogen (secondary N) is 2. The number of rotatable bonds is 7. The zero-order valence-corrected chi connectivity index (χ0v) is 13.9. The third-order valence-electron chi connectivity index (χ3n) is 4.43. The average molecular weight is 303 g/mol. The van der Waals surface area contributed by atoms with Crippen LogP contribution >= 0.6 is 0 Å². The predicted molar refractivity (Wildman–Crippen MR) is 91.1 cm³/mol. The first-order valence-corrected chi connectivity index (χ1v) is 8.45. The molecule has 22 heavy (non-hydrogen) atoms. The highest BCUT2D eigenvalue weighted by Gasteiger charge is 2.15. The summed E-state index contributed by atoms with van der Waals surface area (Å²) in [5, 5.41) is 6.42. The molecule has 1 aromatic rings. The smallest absolute Gasteiger partial charge is 0.220 e. The van der Waals surface area contributed by atoms with E-state index in [4.69, 9.17) is 0 Å². The largest absolute Gasteiger partial charge is 0.355 e. The van der Waals surface area contributed by atoms with Gasteiger partial charge in [0.25, 0.3) is 0 Å². The first-order chi connectivity index (χ1) is 10.7. The van der Waals surface area contributed by atoms with Gasteiger partial charge in [0.15, 0.2) is 0 Å². The van der Waals surface area contributed by atoms with Crippen LogP contribution in [0.5, 0.6) is 0 Å². The summed E-state index contributed by atoms with van der Waals surface area (Å²) in [7, 11) is 0. The van der Waals surface area contributed by atoms with Crippen LogP contribution in [-0.2, 0) is 4.79 Å². The van der Waals surface area contributed by atoms with Crippen LogP contribution in [0.3, 0.4) is 0 Å². The fourth-order valence-corrected chi connectivity index (χ4v) is 2.92. The number of piperazine rings is 1. The van der Waals surface area contributed by atoms with Crippen molar-refractivity contribution in [2.45, 2.75) is 32.6 Å². The van der Waals surface area contributed by atoms with Gasteiger partial charge in [-0.1, -0.05) is 36.8 Å². The standard InChI is InChI=1S/C18H29N3O/c1-3-16(17-6-4-15(2)5-7-17)14-18(22)20-10-13-21-11-8-19-9-12-21/h4-7,16,19H,3,8-14H2,1-2H3,(H,20,22). The lowest BCUT2D eigenvalue weighted by molar-refractivity contribution is -0.121. The molecule has 4 nitrogen and oxygen atoms in total. The first kappa shape index (κ1) is 17.0. The van der Waals surface area contributed by atoms with Crippen molar-refractivity contribution in [1.29, 1.82) is 0 Å². The molecule has 1 aliphatic rings. The summed E-state index contributed by atoms with van der Waals surface area (Å²) in [6.45, 7) is 10.2. The molecule has 1 atom stereocenters. The van der Waals surface area contributed by atoms with Gasteiger partial charge >= 0.3 is 0 Å². The lowest BCUT2D eigenvalue weighted by Crippen LogP contribution is -2.46. The number of hydrogen-bond acceptors (Lipinski definition) is 3. The summed E-state index contributed by atoms with van der Waals surface area (Å²) in [6.07, 6.45) is 1.58. The van der Waals surface area contributed by atoms with Crippen molar-refractivity contribution in [3.8, 4) is 0 Å². The maximum atomic E-state index is 12.2. The van der Waals surface area contributed by atoms with Crippen molar-refractivity contribution in [2.75, 3.05) is 39.3 Å². The number of benzene rings is 1. The molecule has 2 N–H and O–H groups in total. The van der Waals surface area contributed by atoms with Crippen LogP contribution < -0.4 is 10.6 Å². The summed E-state index contributed by atoms with van der Waals surface area (Å²) < 4.78 is 0. The van der Waals surface area contributed by atoms with Gasteiger partial charge in [-0.15, -0.1) is 0 Å². The summed E-state index contributed by atoms with van der Waals surface area (Å²) in [4.78, 5) is 14.5. The Morgan fingerprint density at radius 3 is 2.59 bits per heavy atom. The molecule has 4 heteroatoms. The molecule has 1 unspecified atom stereocenters. The molecule has 0 aromatic heterocycles. The zero-order chi connectivity index (χ0) is 15.8. The van der Waals surface area contributed by atoms with Crippen LogP contribution in [0.4, 0.5) is 0 Å². The summed E-state index contributed by atoms with van der Waals surface area (Å²) in [5.41, 5.74) is 2.53. The van der Waals surface area contributed by atoms with Crippen molar-refractivity contribution in [3.05, 3.63) is 35.4 Å². The molecule has 1 fully saturated rings. The van der Waals surface area contributed by atoms with E-state index in [1.165, 1.54) is 11.1 Å². The van der Waals surface area contributed by atoms with E-state index in [-0.39, 0.29) is 5.91 Å². The second kappa shape index (κ2) is 8.91. The van der Waals surface area contributed by atoms with E-state index in [0.29, 0.717) is 12.3 Å². The molecule has 122 valence electrons. The van der Waals surface area contributed by atoms with Crippen molar-refractivity contribution >= 4 is 5.91 Å². The Kier molecular flexibility index (Phi) is 6.87. The Bertz CT molecular complexity index is 452. The Morgan fingerprint density at radius 2 is 1.95 bits per heavy atom. The highest BCUT2D eigenvalue weighted by Crippen LogP contribution is 2.23. The summed E-state index contributed by atoms with van der Waals surface area (Å²) in [6, 6.07) is 8.55. The normalized spacial score (nSPS) is 17.2. The van der Waals surface area contributed by atoms with Gasteiger partial charge in [-0.3, -0.25) is 9.69 Å². The number of hydrogen-bond donors (Lipinski definition) is 2. The molecule has 1 aliphatic heterocycles. The van der Waals surface area contributed by atoms with Crippen molar-refractivity contribution in [1.82, 2.24) is 15.5 Å². The molecule has 0 bridgehead atoms. The molecule has 0 radical (unpaired) electrons. The monoisotopic (exact) mass is 303 g/mol. The second-order valence-electron chi connectivity index (χ2n) is 6.16. The number of amides is 1. The van der Waals surface area contributed by atoms with Crippen LogP contribution in [0.25, 0.3) is 0 Å². The Hall–Kier alpha value is -1.39. The Labute approximate surface area is 134 Å². The molecular weight excluding hydrogens is 274 g/mol. The maximum Gasteiger partial charge on any atom is 0.220 e. The van der Waals surface area contributed by atoms with Crippen molar-refractivity contribution in [2.24, 2.45) is 0 Å². The first-order valence-electron chi connectivity index (χ1n) is 8.45. The van der Waals surface area contributed by atoms with Gasteiger partial charge < -0.3 is 10.6 Å². The fraction of sp³-hybridized carbons (Fsp3) is 0.611. The SMILES string of the molecule is CCC(CC(=O)NCCN1CCNCC1)c1ccc(C)cc1. The molecule has 1 amide bonds. The summed E-state index contributed by atoms with van der Waals surface area (Å²) in [5.74, 6) is 0.488. The van der Waals surface area contributed by atoms with E-state index in [0.717, 1.165) is 45.7 Å². The molecule has 0 saturated carbocycles. The van der Waals surface area contributed by atoms with E-state index in [1.54, 1.807) is 0 Å². The van der Waals surface area contributed by atoms with Crippen LogP contribution in [-0.4, -0.2) is 50.1 Å². The second-order valence-corrected chi connectivity index (χ2v) is 6.16. The lowest BCUT2D eigenvalue weighted by atomic mass is 9.92. The highest BCUT2D eigenvalue weighted by atomic mass is 16.1. The van der Waals surface area contributed by atoms with Gasteiger partial charge in [-0.25, -0.2) is 0 Å². The molecule has 0 aliphatic carbocycles. The lowest BCUT2D eigenvalue weighted by Gasteiger charge is -2.27. The van der Waals surface area contributed by atoms with Gasteiger partial charge in [-0.2, -0.15) is 0 Å². The minimum Gasteiger partial charge on any atom is -0.355 e.